The highest BCUT2D eigenvalue weighted by atomic mass is 16.5. The summed E-state index contributed by atoms with van der Waals surface area (Å²) in [6, 6.07) is 7.80. The molecule has 0 saturated carbocycles. The van der Waals surface area contributed by atoms with E-state index in [1.807, 2.05) is 38.1 Å². The van der Waals surface area contributed by atoms with Crippen molar-refractivity contribution in [3.8, 4) is 5.75 Å². The van der Waals surface area contributed by atoms with Crippen LogP contribution in [0.1, 0.15) is 39.2 Å². The maximum Gasteiger partial charge on any atom is 0.331 e. The lowest BCUT2D eigenvalue weighted by atomic mass is 10.0. The number of hydrogen-bond donors (Lipinski definition) is 0. The predicted molar refractivity (Wildman–Crippen MR) is 77.1 cm³/mol. The van der Waals surface area contributed by atoms with E-state index >= 15 is 0 Å². The molecule has 0 aliphatic carbocycles. The van der Waals surface area contributed by atoms with Gasteiger partial charge in [0, 0.05) is 6.08 Å². The molecule has 104 valence electrons. The molecule has 3 heteroatoms. The molecule has 0 saturated heterocycles. The van der Waals surface area contributed by atoms with Crippen molar-refractivity contribution >= 4 is 11.5 Å². The van der Waals surface area contributed by atoms with Gasteiger partial charge in [-0.2, -0.15) is 0 Å². The minimum atomic E-state index is -0.278. The zero-order chi connectivity index (χ0) is 14.1. The standard InChI is InChI=1S/C16H22O3/c1-4-7-14(12-16(17)19-6-3)13-8-10-15(11-9-13)18-5-2/h8-12H,4-7H2,1-3H3. The van der Waals surface area contributed by atoms with Crippen molar-refractivity contribution in [1.82, 2.24) is 0 Å². The number of ether oxygens (including phenoxy) is 2. The Morgan fingerprint density at radius 3 is 2.32 bits per heavy atom. The van der Waals surface area contributed by atoms with E-state index in [1.54, 1.807) is 6.08 Å². The molecule has 1 aromatic rings. The van der Waals surface area contributed by atoms with E-state index in [2.05, 4.69) is 6.92 Å². The minimum Gasteiger partial charge on any atom is -0.494 e. The number of carbonyl (C=O) groups is 1. The molecular weight excluding hydrogens is 240 g/mol. The van der Waals surface area contributed by atoms with Gasteiger partial charge in [0.1, 0.15) is 5.75 Å². The molecule has 0 unspecified atom stereocenters. The SMILES string of the molecule is CCCC(=CC(=O)OCC)c1ccc(OCC)cc1. The zero-order valence-corrected chi connectivity index (χ0v) is 11.9. The van der Waals surface area contributed by atoms with Crippen molar-refractivity contribution in [2.45, 2.75) is 33.6 Å². The Bertz CT molecular complexity index is 418. The van der Waals surface area contributed by atoms with Crippen molar-refractivity contribution in [1.29, 1.82) is 0 Å². The number of carbonyl (C=O) groups excluding carboxylic acids is 1. The van der Waals surface area contributed by atoms with Crippen LogP contribution in [0.4, 0.5) is 0 Å². The lowest BCUT2D eigenvalue weighted by Crippen LogP contribution is -2.01. The van der Waals surface area contributed by atoms with Crippen LogP contribution in [0.25, 0.3) is 5.57 Å². The van der Waals surface area contributed by atoms with Crippen molar-refractivity contribution in [2.24, 2.45) is 0 Å². The molecule has 0 bridgehead atoms. The van der Waals surface area contributed by atoms with Crippen molar-refractivity contribution in [3.63, 3.8) is 0 Å². The maximum atomic E-state index is 11.5. The predicted octanol–water partition coefficient (Wildman–Crippen LogP) is 3.83. The molecule has 1 aromatic carbocycles. The second-order valence-corrected chi connectivity index (χ2v) is 4.13. The third kappa shape index (κ3) is 5.16. The summed E-state index contributed by atoms with van der Waals surface area (Å²) in [5.41, 5.74) is 2.04. The zero-order valence-electron chi connectivity index (χ0n) is 11.9. The Kier molecular flexibility index (Phi) is 6.72. The van der Waals surface area contributed by atoms with E-state index < -0.39 is 0 Å². The second-order valence-electron chi connectivity index (χ2n) is 4.13. The molecule has 3 nitrogen and oxygen atoms in total. The first kappa shape index (κ1) is 15.3. The Balaban J connectivity index is 2.89. The first-order chi connectivity index (χ1) is 9.21. The van der Waals surface area contributed by atoms with Gasteiger partial charge in [0.2, 0.25) is 0 Å². The first-order valence-corrected chi connectivity index (χ1v) is 6.81. The van der Waals surface area contributed by atoms with Gasteiger partial charge in [-0.25, -0.2) is 4.79 Å². The number of rotatable bonds is 7. The average molecular weight is 262 g/mol. The van der Waals surface area contributed by atoms with Crippen LogP contribution in [-0.2, 0) is 9.53 Å². The molecule has 0 spiro atoms. The van der Waals surface area contributed by atoms with Crippen LogP contribution in [0.2, 0.25) is 0 Å². The van der Waals surface area contributed by atoms with E-state index in [0.717, 1.165) is 29.7 Å². The van der Waals surface area contributed by atoms with Gasteiger partial charge in [-0.15, -0.1) is 0 Å². The van der Waals surface area contributed by atoms with Gasteiger partial charge < -0.3 is 9.47 Å². The Morgan fingerprint density at radius 2 is 1.79 bits per heavy atom. The third-order valence-electron chi connectivity index (χ3n) is 2.63. The van der Waals surface area contributed by atoms with E-state index in [4.69, 9.17) is 9.47 Å². The fourth-order valence-corrected chi connectivity index (χ4v) is 1.83. The number of esters is 1. The molecule has 0 N–H and O–H groups in total. The highest BCUT2D eigenvalue weighted by Crippen LogP contribution is 2.22. The summed E-state index contributed by atoms with van der Waals surface area (Å²) in [7, 11) is 0. The Labute approximate surface area is 115 Å². The van der Waals surface area contributed by atoms with Crippen LogP contribution in [-0.4, -0.2) is 19.2 Å². The average Bonchev–Trinajstić information content (AvgIpc) is 2.40. The highest BCUT2D eigenvalue weighted by molar-refractivity contribution is 5.91. The number of allylic oxidation sites excluding steroid dienone is 1. The largest absolute Gasteiger partial charge is 0.494 e. The van der Waals surface area contributed by atoms with Gasteiger partial charge in [0.25, 0.3) is 0 Å². The van der Waals surface area contributed by atoms with E-state index in [9.17, 15) is 4.79 Å². The van der Waals surface area contributed by atoms with Crippen LogP contribution in [0, 0.1) is 0 Å². The minimum absolute atomic E-state index is 0.278. The normalized spacial score (nSPS) is 11.2. The molecule has 0 radical (unpaired) electrons. The quantitative estimate of drug-likeness (QED) is 0.553. The monoisotopic (exact) mass is 262 g/mol. The summed E-state index contributed by atoms with van der Waals surface area (Å²) >= 11 is 0. The van der Waals surface area contributed by atoms with Gasteiger partial charge in [-0.1, -0.05) is 25.5 Å². The lowest BCUT2D eigenvalue weighted by molar-refractivity contribution is -0.137. The maximum absolute atomic E-state index is 11.5. The molecule has 0 aromatic heterocycles. The van der Waals surface area contributed by atoms with Gasteiger partial charge >= 0.3 is 5.97 Å². The lowest BCUT2D eigenvalue weighted by Gasteiger charge is -2.08. The molecule has 0 fully saturated rings. The summed E-state index contributed by atoms with van der Waals surface area (Å²) in [5, 5.41) is 0. The Morgan fingerprint density at radius 1 is 1.11 bits per heavy atom. The van der Waals surface area contributed by atoms with E-state index in [-0.39, 0.29) is 5.97 Å². The van der Waals surface area contributed by atoms with Gasteiger partial charge in [-0.05, 0) is 43.5 Å². The van der Waals surface area contributed by atoms with Crippen molar-refractivity contribution < 1.29 is 14.3 Å². The third-order valence-corrected chi connectivity index (χ3v) is 2.63. The Hall–Kier alpha value is -1.77. The van der Waals surface area contributed by atoms with E-state index in [0.29, 0.717) is 13.2 Å². The van der Waals surface area contributed by atoms with Crippen LogP contribution in [0.15, 0.2) is 30.3 Å². The molecule has 19 heavy (non-hydrogen) atoms. The summed E-state index contributed by atoms with van der Waals surface area (Å²) in [6.07, 6.45) is 3.42. The van der Waals surface area contributed by atoms with Crippen LogP contribution in [0.3, 0.4) is 0 Å². The number of benzene rings is 1. The summed E-state index contributed by atoms with van der Waals surface area (Å²) in [6.45, 7) is 6.91. The molecule has 0 aliphatic rings. The molecule has 0 amide bonds. The summed E-state index contributed by atoms with van der Waals surface area (Å²) in [4.78, 5) is 11.5. The fraction of sp³-hybridized carbons (Fsp3) is 0.438. The molecule has 0 aliphatic heterocycles. The van der Waals surface area contributed by atoms with Crippen molar-refractivity contribution in [2.75, 3.05) is 13.2 Å². The summed E-state index contributed by atoms with van der Waals surface area (Å²) < 4.78 is 10.4. The van der Waals surface area contributed by atoms with Crippen molar-refractivity contribution in [3.05, 3.63) is 35.9 Å². The van der Waals surface area contributed by atoms with E-state index in [1.165, 1.54) is 0 Å². The number of hydrogen-bond acceptors (Lipinski definition) is 3. The van der Waals surface area contributed by atoms with Gasteiger partial charge in [0.15, 0.2) is 0 Å². The van der Waals surface area contributed by atoms with Crippen LogP contribution >= 0.6 is 0 Å². The molecule has 1 rings (SSSR count). The van der Waals surface area contributed by atoms with Gasteiger partial charge in [0.05, 0.1) is 13.2 Å². The van der Waals surface area contributed by atoms with Crippen LogP contribution < -0.4 is 4.74 Å². The smallest absolute Gasteiger partial charge is 0.331 e. The highest BCUT2D eigenvalue weighted by Gasteiger charge is 2.05. The molecule has 0 heterocycles. The molecule has 0 atom stereocenters. The molecular formula is C16H22O3. The summed E-state index contributed by atoms with van der Waals surface area (Å²) in [5.74, 6) is 0.568. The second kappa shape index (κ2) is 8.35. The topological polar surface area (TPSA) is 35.5 Å². The van der Waals surface area contributed by atoms with Crippen LogP contribution in [0.5, 0.6) is 5.75 Å². The fourth-order valence-electron chi connectivity index (χ4n) is 1.83. The van der Waals surface area contributed by atoms with Gasteiger partial charge in [-0.3, -0.25) is 0 Å². The first-order valence-electron chi connectivity index (χ1n) is 6.81.